The molecule has 2 aromatic heterocycles. The van der Waals surface area contributed by atoms with Crippen LogP contribution in [0.3, 0.4) is 0 Å². The lowest BCUT2D eigenvalue weighted by atomic mass is 9.84. The average molecular weight is 543 g/mol. The van der Waals surface area contributed by atoms with Crippen LogP contribution in [-0.4, -0.2) is 39.4 Å². The van der Waals surface area contributed by atoms with E-state index < -0.39 is 23.3 Å². The maximum atomic E-state index is 15.2. The summed E-state index contributed by atoms with van der Waals surface area (Å²) in [5.41, 5.74) is 6.25. The van der Waals surface area contributed by atoms with Crippen LogP contribution in [0.1, 0.15) is 59.4 Å². The van der Waals surface area contributed by atoms with Crippen LogP contribution in [0.5, 0.6) is 5.75 Å². The number of thioether (sulfide) groups is 1. The Morgan fingerprint density at radius 2 is 2.11 bits per heavy atom. The molecular formula is C27H28F2N4O4S. The number of ketones is 1. The molecule has 2 N–H and O–H groups in total. The number of amidine groups is 1. The van der Waals surface area contributed by atoms with Crippen molar-refractivity contribution in [3.8, 4) is 5.75 Å². The van der Waals surface area contributed by atoms with Gasteiger partial charge in [0.25, 0.3) is 0 Å². The Labute approximate surface area is 223 Å². The van der Waals surface area contributed by atoms with Crippen LogP contribution in [-0.2, 0) is 16.7 Å². The summed E-state index contributed by atoms with van der Waals surface area (Å²) in [5, 5.41) is 0.305. The number of fused-ring (bicyclic) bond motifs is 1. The minimum atomic E-state index is -1.08. The summed E-state index contributed by atoms with van der Waals surface area (Å²) in [6.45, 7) is 5.71. The van der Waals surface area contributed by atoms with Gasteiger partial charge in [-0.3, -0.25) is 9.79 Å². The Morgan fingerprint density at radius 1 is 1.32 bits per heavy atom. The largest absolute Gasteiger partial charge is 0.479 e. The van der Waals surface area contributed by atoms with Gasteiger partial charge >= 0.3 is 0 Å². The minimum Gasteiger partial charge on any atom is -0.479 e. The quantitative estimate of drug-likeness (QED) is 0.380. The van der Waals surface area contributed by atoms with Crippen LogP contribution >= 0.6 is 11.8 Å². The van der Waals surface area contributed by atoms with E-state index in [0.29, 0.717) is 41.0 Å². The van der Waals surface area contributed by atoms with Crippen molar-refractivity contribution in [2.75, 3.05) is 13.7 Å². The fourth-order valence-corrected chi connectivity index (χ4v) is 6.76. The second-order valence-electron chi connectivity index (χ2n) is 9.96. The van der Waals surface area contributed by atoms with Gasteiger partial charge in [0.2, 0.25) is 5.89 Å². The molecule has 2 aliphatic rings. The second-order valence-corrected chi connectivity index (χ2v) is 11.4. The number of hydrogen-bond donors (Lipinski definition) is 1. The van der Waals surface area contributed by atoms with Gasteiger partial charge < -0.3 is 19.6 Å². The van der Waals surface area contributed by atoms with Gasteiger partial charge in [-0.15, -0.1) is 0 Å². The smallest absolute Gasteiger partial charge is 0.235 e. The normalized spacial score (nSPS) is 24.9. The molecule has 3 heterocycles. The number of aromatic nitrogens is 2. The first kappa shape index (κ1) is 26.3. The number of rotatable bonds is 9. The number of carbonyl (C=O) groups is 1. The summed E-state index contributed by atoms with van der Waals surface area (Å²) in [6.07, 6.45) is 4.53. The van der Waals surface area contributed by atoms with Gasteiger partial charge in [0.05, 0.1) is 29.3 Å². The molecule has 200 valence electrons. The van der Waals surface area contributed by atoms with Crippen molar-refractivity contribution in [1.29, 1.82) is 0 Å². The third kappa shape index (κ3) is 4.69. The van der Waals surface area contributed by atoms with E-state index in [0.717, 1.165) is 6.07 Å². The van der Waals surface area contributed by atoms with E-state index in [2.05, 4.69) is 15.0 Å². The van der Waals surface area contributed by atoms with Crippen molar-refractivity contribution in [1.82, 2.24) is 9.97 Å². The molecule has 1 saturated carbocycles. The minimum absolute atomic E-state index is 0.0812. The SMILES string of the molecule is COC[C@]12C[C@H]1[C@@](C)(c1cc(CC(=O)c3ncc(O[C@@H](C)c4ncco4)cc3C)cc(F)c1F)N=C(N)S2. The monoisotopic (exact) mass is 542 g/mol. The van der Waals surface area contributed by atoms with Crippen molar-refractivity contribution >= 4 is 22.7 Å². The fraction of sp³-hybridized carbons (Fsp3) is 0.407. The number of halogens is 2. The van der Waals surface area contributed by atoms with E-state index in [1.807, 2.05) is 0 Å². The van der Waals surface area contributed by atoms with E-state index in [9.17, 15) is 9.18 Å². The van der Waals surface area contributed by atoms with Gasteiger partial charge in [-0.1, -0.05) is 11.8 Å². The molecular weight excluding hydrogens is 514 g/mol. The van der Waals surface area contributed by atoms with Gasteiger partial charge in [-0.25, -0.2) is 18.7 Å². The van der Waals surface area contributed by atoms with Crippen LogP contribution in [0.4, 0.5) is 8.78 Å². The second kappa shape index (κ2) is 9.77. The van der Waals surface area contributed by atoms with Crippen molar-refractivity contribution in [2.45, 2.75) is 50.0 Å². The Kier molecular flexibility index (Phi) is 6.77. The number of oxazole rings is 1. The number of ether oxygens (including phenoxy) is 2. The topological polar surface area (TPSA) is 113 Å². The molecule has 1 aliphatic heterocycles. The highest BCUT2D eigenvalue weighted by molar-refractivity contribution is 8.15. The van der Waals surface area contributed by atoms with Crippen LogP contribution in [0.15, 0.2) is 46.3 Å². The van der Waals surface area contributed by atoms with E-state index in [-0.39, 0.29) is 34.1 Å². The van der Waals surface area contributed by atoms with E-state index in [1.54, 1.807) is 33.9 Å². The molecule has 3 aromatic rings. The van der Waals surface area contributed by atoms with Crippen molar-refractivity contribution < 1.29 is 27.5 Å². The zero-order valence-corrected chi connectivity index (χ0v) is 22.3. The predicted octanol–water partition coefficient (Wildman–Crippen LogP) is 4.90. The summed E-state index contributed by atoms with van der Waals surface area (Å²) < 4.78 is 46.1. The summed E-state index contributed by atoms with van der Waals surface area (Å²) in [4.78, 5) is 26.1. The summed E-state index contributed by atoms with van der Waals surface area (Å²) >= 11 is 1.42. The van der Waals surface area contributed by atoms with Gasteiger partial charge in [-0.2, -0.15) is 0 Å². The van der Waals surface area contributed by atoms with Crippen LogP contribution in [0.25, 0.3) is 0 Å². The highest BCUT2D eigenvalue weighted by Crippen LogP contribution is 2.66. The fourth-order valence-electron chi connectivity index (χ4n) is 5.31. The number of nitrogens with zero attached hydrogens (tertiary/aromatic N) is 3. The van der Waals surface area contributed by atoms with E-state index >= 15 is 4.39 Å². The van der Waals surface area contributed by atoms with Crippen LogP contribution < -0.4 is 10.5 Å². The zero-order chi connectivity index (χ0) is 27.2. The average Bonchev–Trinajstić information content (AvgIpc) is 3.31. The van der Waals surface area contributed by atoms with Crippen molar-refractivity contribution in [3.63, 3.8) is 0 Å². The van der Waals surface area contributed by atoms with Crippen LogP contribution in [0, 0.1) is 24.5 Å². The number of carbonyl (C=O) groups excluding carboxylic acids is 1. The number of methoxy groups -OCH3 is 1. The first-order valence-corrected chi connectivity index (χ1v) is 13.0. The number of pyridine rings is 1. The lowest BCUT2D eigenvalue weighted by Gasteiger charge is -2.34. The lowest BCUT2D eigenvalue weighted by Crippen LogP contribution is -2.38. The zero-order valence-electron chi connectivity index (χ0n) is 21.5. The molecule has 0 unspecified atom stereocenters. The first-order valence-electron chi connectivity index (χ1n) is 12.1. The van der Waals surface area contributed by atoms with E-state index in [4.69, 9.17) is 19.6 Å². The number of aryl methyl sites for hydroxylation is 1. The molecule has 1 fully saturated rings. The molecule has 1 aliphatic carbocycles. The van der Waals surface area contributed by atoms with Gasteiger partial charge in [0, 0.05) is 25.0 Å². The lowest BCUT2D eigenvalue weighted by molar-refractivity contribution is 0.0987. The van der Waals surface area contributed by atoms with Gasteiger partial charge in [0.15, 0.2) is 28.7 Å². The molecule has 0 saturated heterocycles. The Balaban J connectivity index is 1.38. The van der Waals surface area contributed by atoms with Crippen LogP contribution in [0.2, 0.25) is 0 Å². The molecule has 5 rings (SSSR count). The third-order valence-corrected chi connectivity index (χ3v) is 8.45. The molecule has 11 heteroatoms. The molecule has 0 bridgehead atoms. The molecule has 8 nitrogen and oxygen atoms in total. The highest BCUT2D eigenvalue weighted by atomic mass is 32.2. The third-order valence-electron chi connectivity index (χ3n) is 7.17. The maximum absolute atomic E-state index is 15.2. The molecule has 0 spiro atoms. The van der Waals surface area contributed by atoms with Crippen molar-refractivity contribution in [3.05, 3.63) is 76.8 Å². The van der Waals surface area contributed by atoms with Crippen molar-refractivity contribution in [2.24, 2.45) is 16.6 Å². The van der Waals surface area contributed by atoms with Gasteiger partial charge in [-0.05, 0) is 56.5 Å². The number of hydrogen-bond acceptors (Lipinski definition) is 9. The van der Waals surface area contributed by atoms with E-state index in [1.165, 1.54) is 36.5 Å². The Hall–Kier alpha value is -3.31. The molecule has 0 radical (unpaired) electrons. The summed E-state index contributed by atoms with van der Waals surface area (Å²) in [7, 11) is 1.60. The highest BCUT2D eigenvalue weighted by Gasteiger charge is 2.66. The summed E-state index contributed by atoms with van der Waals surface area (Å²) in [5.74, 6) is -1.57. The first-order chi connectivity index (χ1) is 18.1. The number of nitrogens with two attached hydrogens (primary N) is 1. The Morgan fingerprint density at radius 3 is 2.79 bits per heavy atom. The van der Waals surface area contributed by atoms with Gasteiger partial charge in [0.1, 0.15) is 17.7 Å². The molecule has 1 aromatic carbocycles. The predicted molar refractivity (Wildman–Crippen MR) is 138 cm³/mol. The number of Topliss-reactive ketones (excluding diaryl/α,β-unsaturated/α-hetero) is 1. The molecule has 38 heavy (non-hydrogen) atoms. The number of benzene rings is 1. The maximum Gasteiger partial charge on any atom is 0.235 e. The summed E-state index contributed by atoms with van der Waals surface area (Å²) in [6, 6.07) is 4.26. The number of aliphatic imine (C=N–C) groups is 1. The molecule has 4 atom stereocenters. The standard InChI is InChI=1S/C27H28F2N4O4S/c1-14-7-17(37-15(2)24-31-5-6-36-24)12-32-23(14)20(34)10-16-8-18(22(29)19(28)9-16)26(3)21-11-27(21,13-35-4)38-25(30)33-26/h5-9,12,15,21H,10-11,13H2,1-4H3,(H2,30,33)/t15-,21-,26+,27+/m0/s1. The Bertz CT molecular complexity index is 1420. The molecule has 0 amide bonds.